The summed E-state index contributed by atoms with van der Waals surface area (Å²) in [7, 11) is 0. The van der Waals surface area contributed by atoms with Gasteiger partial charge in [0, 0.05) is 19.3 Å². The van der Waals surface area contributed by atoms with Crippen LogP contribution in [0.4, 0.5) is 5.82 Å². The third-order valence-corrected chi connectivity index (χ3v) is 3.82. The van der Waals surface area contributed by atoms with Crippen molar-refractivity contribution in [2.45, 2.75) is 40.0 Å². The molecule has 0 fully saturated rings. The molecule has 0 amide bonds. The van der Waals surface area contributed by atoms with Crippen LogP contribution in [0.3, 0.4) is 0 Å². The SMILES string of the molecule is CCn1c(=O)c(NCc2ccc(OC(C)C)cc2)nc2ccncc21. The van der Waals surface area contributed by atoms with Crippen LogP contribution in [0.5, 0.6) is 5.75 Å². The molecule has 25 heavy (non-hydrogen) atoms. The van der Waals surface area contributed by atoms with Gasteiger partial charge in [-0.1, -0.05) is 12.1 Å². The summed E-state index contributed by atoms with van der Waals surface area (Å²) in [4.78, 5) is 21.1. The Morgan fingerprint density at radius 2 is 1.96 bits per heavy atom. The first-order valence-corrected chi connectivity index (χ1v) is 8.42. The van der Waals surface area contributed by atoms with Gasteiger partial charge in [0.15, 0.2) is 5.82 Å². The standard InChI is InChI=1S/C19H22N4O2/c1-4-23-17-12-20-10-9-16(17)22-18(19(23)24)21-11-14-5-7-15(8-6-14)25-13(2)3/h5-10,12-13H,4,11H2,1-3H3,(H,21,22). The van der Waals surface area contributed by atoms with E-state index in [4.69, 9.17) is 4.74 Å². The van der Waals surface area contributed by atoms with E-state index in [1.54, 1.807) is 17.0 Å². The Hall–Kier alpha value is -2.89. The van der Waals surface area contributed by atoms with Crippen molar-refractivity contribution < 1.29 is 4.74 Å². The Morgan fingerprint density at radius 3 is 2.64 bits per heavy atom. The number of nitrogens with one attached hydrogen (secondary N) is 1. The third kappa shape index (κ3) is 3.79. The molecule has 6 nitrogen and oxygen atoms in total. The van der Waals surface area contributed by atoms with Crippen LogP contribution in [0.25, 0.3) is 11.0 Å². The number of aryl methyl sites for hydroxylation is 1. The number of anilines is 1. The maximum Gasteiger partial charge on any atom is 0.293 e. The van der Waals surface area contributed by atoms with E-state index < -0.39 is 0 Å². The highest BCUT2D eigenvalue weighted by Crippen LogP contribution is 2.15. The predicted molar refractivity (Wildman–Crippen MR) is 99.0 cm³/mol. The summed E-state index contributed by atoms with van der Waals surface area (Å²) in [6, 6.07) is 9.63. The molecule has 130 valence electrons. The molecule has 6 heteroatoms. The third-order valence-electron chi connectivity index (χ3n) is 3.82. The van der Waals surface area contributed by atoms with Crippen molar-refractivity contribution in [3.05, 3.63) is 58.6 Å². The first kappa shape index (κ1) is 17.0. The van der Waals surface area contributed by atoms with Crippen LogP contribution in [-0.2, 0) is 13.1 Å². The zero-order valence-corrected chi connectivity index (χ0v) is 14.7. The van der Waals surface area contributed by atoms with Crippen LogP contribution in [0, 0.1) is 0 Å². The van der Waals surface area contributed by atoms with Gasteiger partial charge in [0.1, 0.15) is 5.75 Å². The molecular formula is C19H22N4O2. The smallest absolute Gasteiger partial charge is 0.293 e. The van der Waals surface area contributed by atoms with Crippen LogP contribution in [0.1, 0.15) is 26.3 Å². The average Bonchev–Trinajstić information content (AvgIpc) is 2.61. The highest BCUT2D eigenvalue weighted by molar-refractivity contribution is 5.75. The number of pyridine rings is 1. The summed E-state index contributed by atoms with van der Waals surface area (Å²) in [5, 5.41) is 3.15. The molecule has 3 rings (SSSR count). The van der Waals surface area contributed by atoms with E-state index in [0.29, 0.717) is 18.9 Å². The van der Waals surface area contributed by atoms with E-state index in [0.717, 1.165) is 22.3 Å². The van der Waals surface area contributed by atoms with E-state index >= 15 is 0 Å². The lowest BCUT2D eigenvalue weighted by atomic mass is 10.2. The minimum absolute atomic E-state index is 0.136. The molecule has 0 aliphatic heterocycles. The fraction of sp³-hybridized carbons (Fsp3) is 0.316. The lowest BCUT2D eigenvalue weighted by molar-refractivity contribution is 0.242. The van der Waals surface area contributed by atoms with Gasteiger partial charge in [-0.25, -0.2) is 4.98 Å². The van der Waals surface area contributed by atoms with E-state index in [1.807, 2.05) is 51.1 Å². The maximum absolute atomic E-state index is 12.6. The Bertz CT molecular complexity index is 917. The largest absolute Gasteiger partial charge is 0.491 e. The summed E-state index contributed by atoms with van der Waals surface area (Å²) in [5.41, 5.74) is 2.41. The van der Waals surface area contributed by atoms with Gasteiger partial charge in [0.2, 0.25) is 0 Å². The number of nitrogens with zero attached hydrogens (tertiary/aromatic N) is 3. The zero-order valence-electron chi connectivity index (χ0n) is 14.7. The van der Waals surface area contributed by atoms with E-state index in [-0.39, 0.29) is 11.7 Å². The normalized spacial score (nSPS) is 11.0. The Morgan fingerprint density at radius 1 is 1.20 bits per heavy atom. The quantitative estimate of drug-likeness (QED) is 0.747. The molecule has 3 aromatic rings. The molecule has 2 aromatic heterocycles. The van der Waals surface area contributed by atoms with E-state index in [9.17, 15) is 4.79 Å². The molecule has 0 atom stereocenters. The molecule has 0 bridgehead atoms. The highest BCUT2D eigenvalue weighted by atomic mass is 16.5. The van der Waals surface area contributed by atoms with Crippen molar-refractivity contribution in [2.75, 3.05) is 5.32 Å². The average molecular weight is 338 g/mol. The van der Waals surface area contributed by atoms with Crippen molar-refractivity contribution in [2.24, 2.45) is 0 Å². The van der Waals surface area contributed by atoms with Crippen molar-refractivity contribution in [3.8, 4) is 5.75 Å². The lowest BCUT2D eigenvalue weighted by Gasteiger charge is -2.12. The topological polar surface area (TPSA) is 69.0 Å². The zero-order chi connectivity index (χ0) is 17.8. The molecule has 0 saturated carbocycles. The summed E-state index contributed by atoms with van der Waals surface area (Å²) in [6.07, 6.45) is 3.49. The second kappa shape index (κ2) is 7.34. The first-order valence-electron chi connectivity index (χ1n) is 8.42. The molecule has 1 aromatic carbocycles. The van der Waals surface area contributed by atoms with Gasteiger partial charge >= 0.3 is 0 Å². The number of ether oxygens (including phenoxy) is 1. The van der Waals surface area contributed by atoms with Crippen LogP contribution in [0.2, 0.25) is 0 Å². The fourth-order valence-corrected chi connectivity index (χ4v) is 2.66. The molecule has 0 spiro atoms. The van der Waals surface area contributed by atoms with Crippen molar-refractivity contribution >= 4 is 16.9 Å². The van der Waals surface area contributed by atoms with Crippen LogP contribution in [0.15, 0.2) is 47.5 Å². The second-order valence-corrected chi connectivity index (χ2v) is 6.04. The number of fused-ring (bicyclic) bond motifs is 1. The maximum atomic E-state index is 12.6. The van der Waals surface area contributed by atoms with Gasteiger partial charge in [-0.2, -0.15) is 0 Å². The van der Waals surface area contributed by atoms with Gasteiger partial charge in [-0.15, -0.1) is 0 Å². The number of hydrogen-bond donors (Lipinski definition) is 1. The molecule has 1 N–H and O–H groups in total. The summed E-state index contributed by atoms with van der Waals surface area (Å²) in [5.74, 6) is 1.19. The Labute approximate surface area is 146 Å². The summed E-state index contributed by atoms with van der Waals surface area (Å²) in [6.45, 7) is 7.01. The fourth-order valence-electron chi connectivity index (χ4n) is 2.66. The molecule has 0 aliphatic carbocycles. The van der Waals surface area contributed by atoms with Crippen LogP contribution < -0.4 is 15.6 Å². The first-order chi connectivity index (χ1) is 12.1. The monoisotopic (exact) mass is 338 g/mol. The molecule has 2 heterocycles. The van der Waals surface area contributed by atoms with Gasteiger partial charge in [0.25, 0.3) is 5.56 Å². The van der Waals surface area contributed by atoms with E-state index in [2.05, 4.69) is 15.3 Å². The second-order valence-electron chi connectivity index (χ2n) is 6.04. The minimum Gasteiger partial charge on any atom is -0.491 e. The predicted octanol–water partition coefficient (Wildman–Crippen LogP) is 3.21. The number of hydrogen-bond acceptors (Lipinski definition) is 5. The molecule has 0 unspecified atom stereocenters. The summed E-state index contributed by atoms with van der Waals surface area (Å²) >= 11 is 0. The minimum atomic E-state index is -0.136. The number of aromatic nitrogens is 3. The Kier molecular flexibility index (Phi) is 4.97. The van der Waals surface area contributed by atoms with Gasteiger partial charge < -0.3 is 14.6 Å². The highest BCUT2D eigenvalue weighted by Gasteiger charge is 2.10. The van der Waals surface area contributed by atoms with Gasteiger partial charge in [-0.3, -0.25) is 9.78 Å². The molecule has 0 saturated heterocycles. The molecular weight excluding hydrogens is 316 g/mol. The van der Waals surface area contributed by atoms with Gasteiger partial charge in [-0.05, 0) is 44.5 Å². The Balaban J connectivity index is 1.81. The molecule has 0 radical (unpaired) electrons. The van der Waals surface area contributed by atoms with Crippen LogP contribution in [-0.4, -0.2) is 20.6 Å². The van der Waals surface area contributed by atoms with E-state index in [1.165, 1.54) is 0 Å². The van der Waals surface area contributed by atoms with Crippen molar-refractivity contribution in [3.63, 3.8) is 0 Å². The van der Waals surface area contributed by atoms with Crippen molar-refractivity contribution in [1.82, 2.24) is 14.5 Å². The summed E-state index contributed by atoms with van der Waals surface area (Å²) < 4.78 is 7.32. The van der Waals surface area contributed by atoms with Gasteiger partial charge in [0.05, 0.1) is 23.3 Å². The molecule has 0 aliphatic rings. The van der Waals surface area contributed by atoms with Crippen LogP contribution >= 0.6 is 0 Å². The number of benzene rings is 1. The number of rotatable bonds is 6. The van der Waals surface area contributed by atoms with Crippen molar-refractivity contribution in [1.29, 1.82) is 0 Å². The lowest BCUT2D eigenvalue weighted by Crippen LogP contribution is -2.25.